The summed E-state index contributed by atoms with van der Waals surface area (Å²) in [6, 6.07) is 3.18. The van der Waals surface area contributed by atoms with E-state index in [4.69, 9.17) is 9.47 Å². The second kappa shape index (κ2) is 8.93. The maximum atomic E-state index is 11.4. The van der Waals surface area contributed by atoms with Crippen LogP contribution in [-0.4, -0.2) is 37.1 Å². The van der Waals surface area contributed by atoms with Gasteiger partial charge >= 0.3 is 0 Å². The van der Waals surface area contributed by atoms with Gasteiger partial charge in [-0.15, -0.1) is 12.4 Å². The first-order valence-corrected chi connectivity index (χ1v) is 7.70. The molecule has 0 saturated heterocycles. The third-order valence-electron chi connectivity index (χ3n) is 3.93. The standard InChI is InChI=1S/C16H24N2O4.ClH/c1-4-7-17(10-12-5-6-12)11-13-8-15(21-2)16(22-3)9-14(13)18(19)20;/h8-9,12H,4-7,10-11H2,1-3H3;1H. The largest absolute Gasteiger partial charge is 0.493 e. The van der Waals surface area contributed by atoms with E-state index in [0.29, 0.717) is 23.6 Å². The Morgan fingerprint density at radius 1 is 1.26 bits per heavy atom. The van der Waals surface area contributed by atoms with Gasteiger partial charge in [0.2, 0.25) is 0 Å². The van der Waals surface area contributed by atoms with Gasteiger partial charge in [-0.25, -0.2) is 0 Å². The summed E-state index contributed by atoms with van der Waals surface area (Å²) in [5.74, 6) is 1.68. The molecule has 6 nitrogen and oxygen atoms in total. The van der Waals surface area contributed by atoms with E-state index in [2.05, 4.69) is 11.8 Å². The van der Waals surface area contributed by atoms with Gasteiger partial charge in [0.1, 0.15) is 0 Å². The Morgan fingerprint density at radius 3 is 2.35 bits per heavy atom. The van der Waals surface area contributed by atoms with Crippen LogP contribution in [0.25, 0.3) is 0 Å². The van der Waals surface area contributed by atoms with Crippen LogP contribution in [0.15, 0.2) is 12.1 Å². The maximum Gasteiger partial charge on any atom is 0.277 e. The van der Waals surface area contributed by atoms with Crippen molar-refractivity contribution in [1.82, 2.24) is 4.90 Å². The molecule has 0 unspecified atom stereocenters. The minimum atomic E-state index is -0.349. The van der Waals surface area contributed by atoms with Crippen LogP contribution in [0, 0.1) is 16.0 Å². The van der Waals surface area contributed by atoms with Crippen molar-refractivity contribution >= 4 is 18.1 Å². The van der Waals surface area contributed by atoms with Crippen LogP contribution in [0.2, 0.25) is 0 Å². The Balaban J connectivity index is 0.00000264. The number of halogens is 1. The maximum absolute atomic E-state index is 11.4. The van der Waals surface area contributed by atoms with E-state index >= 15 is 0 Å². The third kappa shape index (κ3) is 5.25. The highest BCUT2D eigenvalue weighted by molar-refractivity contribution is 5.85. The van der Waals surface area contributed by atoms with Crippen LogP contribution in [-0.2, 0) is 6.54 Å². The molecule has 23 heavy (non-hydrogen) atoms. The fourth-order valence-electron chi connectivity index (χ4n) is 2.66. The number of ether oxygens (including phenoxy) is 2. The number of rotatable bonds is 9. The Hall–Kier alpha value is -1.53. The van der Waals surface area contributed by atoms with Gasteiger partial charge in [-0.3, -0.25) is 15.0 Å². The Labute approximate surface area is 143 Å². The van der Waals surface area contributed by atoms with Gasteiger partial charge in [-0.2, -0.15) is 0 Å². The molecule has 1 fully saturated rings. The quantitative estimate of drug-likeness (QED) is 0.505. The summed E-state index contributed by atoms with van der Waals surface area (Å²) in [5.41, 5.74) is 0.770. The molecule has 0 aromatic heterocycles. The second-order valence-electron chi connectivity index (χ2n) is 5.77. The summed E-state index contributed by atoms with van der Waals surface area (Å²) in [4.78, 5) is 13.3. The van der Waals surface area contributed by atoms with Crippen molar-refractivity contribution in [2.45, 2.75) is 32.7 Å². The lowest BCUT2D eigenvalue weighted by Gasteiger charge is -2.22. The second-order valence-corrected chi connectivity index (χ2v) is 5.77. The Bertz CT molecular complexity index is 535. The van der Waals surface area contributed by atoms with Crippen LogP contribution in [0.4, 0.5) is 5.69 Å². The minimum Gasteiger partial charge on any atom is -0.493 e. The zero-order valence-corrected chi connectivity index (χ0v) is 14.7. The molecule has 1 aliphatic carbocycles. The molecule has 130 valence electrons. The monoisotopic (exact) mass is 344 g/mol. The van der Waals surface area contributed by atoms with E-state index in [1.165, 1.54) is 26.0 Å². The lowest BCUT2D eigenvalue weighted by atomic mass is 10.1. The number of hydrogen-bond donors (Lipinski definition) is 0. The van der Waals surface area contributed by atoms with Gasteiger partial charge < -0.3 is 9.47 Å². The van der Waals surface area contributed by atoms with Crippen molar-refractivity contribution in [3.05, 3.63) is 27.8 Å². The number of nitro benzene ring substituents is 1. The molecule has 1 aromatic rings. The average molecular weight is 345 g/mol. The normalized spacial score (nSPS) is 13.6. The van der Waals surface area contributed by atoms with E-state index in [1.54, 1.807) is 13.2 Å². The molecule has 0 spiro atoms. The molecule has 1 aliphatic rings. The highest BCUT2D eigenvalue weighted by Gasteiger charge is 2.26. The molecule has 0 aliphatic heterocycles. The van der Waals surface area contributed by atoms with Crippen LogP contribution in [0.1, 0.15) is 31.7 Å². The summed E-state index contributed by atoms with van der Waals surface area (Å²) in [7, 11) is 3.03. The Kier molecular flexibility index (Phi) is 7.58. The molecule has 0 atom stereocenters. The first kappa shape index (κ1) is 19.5. The summed E-state index contributed by atoms with van der Waals surface area (Å²) >= 11 is 0. The van der Waals surface area contributed by atoms with Crippen LogP contribution < -0.4 is 9.47 Å². The Morgan fingerprint density at radius 2 is 1.87 bits per heavy atom. The summed E-state index contributed by atoms with van der Waals surface area (Å²) < 4.78 is 10.4. The summed E-state index contributed by atoms with van der Waals surface area (Å²) in [5, 5.41) is 11.4. The molecular weight excluding hydrogens is 320 g/mol. The minimum absolute atomic E-state index is 0. The van der Waals surface area contributed by atoms with Crippen molar-refractivity contribution < 1.29 is 14.4 Å². The fourth-order valence-corrected chi connectivity index (χ4v) is 2.66. The molecule has 7 heteroatoms. The van der Waals surface area contributed by atoms with E-state index < -0.39 is 0 Å². The van der Waals surface area contributed by atoms with Gasteiger partial charge in [0.15, 0.2) is 11.5 Å². The van der Waals surface area contributed by atoms with E-state index in [0.717, 1.165) is 25.4 Å². The SMILES string of the molecule is CCCN(Cc1cc(OC)c(OC)cc1[N+](=O)[O-])CC1CC1.Cl. The molecule has 1 saturated carbocycles. The van der Waals surface area contributed by atoms with Crippen molar-refractivity contribution in [2.75, 3.05) is 27.3 Å². The van der Waals surface area contributed by atoms with E-state index in [9.17, 15) is 10.1 Å². The highest BCUT2D eigenvalue weighted by Crippen LogP contribution is 2.36. The average Bonchev–Trinajstić information content (AvgIpc) is 3.30. The number of hydrogen-bond acceptors (Lipinski definition) is 5. The first-order chi connectivity index (χ1) is 10.6. The van der Waals surface area contributed by atoms with Crippen molar-refractivity contribution in [1.29, 1.82) is 0 Å². The molecule has 0 amide bonds. The van der Waals surface area contributed by atoms with Gasteiger partial charge in [0.25, 0.3) is 5.69 Å². The molecule has 1 aromatic carbocycles. The highest BCUT2D eigenvalue weighted by atomic mass is 35.5. The van der Waals surface area contributed by atoms with Crippen molar-refractivity contribution in [2.24, 2.45) is 5.92 Å². The predicted octanol–water partition coefficient (Wildman–Crippen LogP) is 3.66. The number of nitro groups is 1. The first-order valence-electron chi connectivity index (χ1n) is 7.70. The van der Waals surface area contributed by atoms with E-state index in [-0.39, 0.29) is 23.0 Å². The molecule has 0 bridgehead atoms. The van der Waals surface area contributed by atoms with Gasteiger partial charge in [0.05, 0.1) is 25.2 Å². The smallest absolute Gasteiger partial charge is 0.277 e. The molecule has 0 heterocycles. The zero-order chi connectivity index (χ0) is 16.1. The van der Waals surface area contributed by atoms with Crippen LogP contribution in [0.3, 0.4) is 0 Å². The van der Waals surface area contributed by atoms with Crippen molar-refractivity contribution in [3.8, 4) is 11.5 Å². The van der Waals surface area contributed by atoms with Crippen LogP contribution >= 0.6 is 12.4 Å². The molecule has 0 radical (unpaired) electrons. The van der Waals surface area contributed by atoms with Crippen LogP contribution in [0.5, 0.6) is 11.5 Å². The van der Waals surface area contributed by atoms with Gasteiger partial charge in [-0.05, 0) is 37.8 Å². The number of methoxy groups -OCH3 is 2. The lowest BCUT2D eigenvalue weighted by Crippen LogP contribution is -2.26. The molecule has 2 rings (SSSR count). The van der Waals surface area contributed by atoms with E-state index in [1.807, 2.05) is 0 Å². The molecular formula is C16H25ClN2O4. The van der Waals surface area contributed by atoms with Gasteiger partial charge in [-0.1, -0.05) is 6.92 Å². The lowest BCUT2D eigenvalue weighted by molar-refractivity contribution is -0.385. The zero-order valence-electron chi connectivity index (χ0n) is 13.9. The topological polar surface area (TPSA) is 64.8 Å². The van der Waals surface area contributed by atoms with Crippen molar-refractivity contribution in [3.63, 3.8) is 0 Å². The fraction of sp³-hybridized carbons (Fsp3) is 0.625. The summed E-state index contributed by atoms with van der Waals surface area (Å²) in [6.07, 6.45) is 3.58. The number of nitrogens with zero attached hydrogens (tertiary/aromatic N) is 2. The predicted molar refractivity (Wildman–Crippen MR) is 91.7 cm³/mol. The number of benzene rings is 1. The van der Waals surface area contributed by atoms with Gasteiger partial charge in [0, 0.05) is 18.7 Å². The third-order valence-corrected chi connectivity index (χ3v) is 3.93. The molecule has 0 N–H and O–H groups in total. The summed E-state index contributed by atoms with van der Waals surface area (Å²) in [6.45, 7) is 4.66.